The Balaban J connectivity index is 2.80. The van der Waals surface area contributed by atoms with Gasteiger partial charge in [0.05, 0.1) is 12.2 Å². The molecule has 0 saturated heterocycles. The van der Waals surface area contributed by atoms with Crippen molar-refractivity contribution in [3.63, 3.8) is 0 Å². The zero-order valence-corrected chi connectivity index (χ0v) is 12.3. The van der Waals surface area contributed by atoms with E-state index in [1.165, 1.54) is 26.2 Å². The molecule has 0 aliphatic heterocycles. The third kappa shape index (κ3) is 5.43. The molecule has 0 radical (unpaired) electrons. The zero-order chi connectivity index (χ0) is 16.0. The average molecular weight is 325 g/mol. The number of hydrogen-bond acceptors (Lipinski definition) is 3. The number of amides is 1. The van der Waals surface area contributed by atoms with E-state index in [1.54, 1.807) is 0 Å². The molecule has 0 spiro atoms. The molecular formula is C13H16ClF3N2O2. The summed E-state index contributed by atoms with van der Waals surface area (Å²) in [4.78, 5) is 11.7. The van der Waals surface area contributed by atoms with Gasteiger partial charge in [-0.05, 0) is 25.1 Å². The maximum absolute atomic E-state index is 12.9. The van der Waals surface area contributed by atoms with Crippen molar-refractivity contribution in [3.05, 3.63) is 28.8 Å². The van der Waals surface area contributed by atoms with E-state index in [0.717, 1.165) is 6.07 Å². The molecule has 21 heavy (non-hydrogen) atoms. The summed E-state index contributed by atoms with van der Waals surface area (Å²) in [5, 5.41) is 5.06. The predicted molar refractivity (Wildman–Crippen MR) is 74.4 cm³/mol. The molecule has 1 aromatic rings. The van der Waals surface area contributed by atoms with E-state index >= 15 is 0 Å². The first kappa shape index (κ1) is 17.6. The fourth-order valence-corrected chi connectivity index (χ4v) is 1.78. The quantitative estimate of drug-likeness (QED) is 0.791. The van der Waals surface area contributed by atoms with Gasteiger partial charge in [-0.25, -0.2) is 0 Å². The Hall–Kier alpha value is -1.47. The first-order chi connectivity index (χ1) is 9.75. The molecule has 0 aromatic heterocycles. The van der Waals surface area contributed by atoms with Crippen LogP contribution in [-0.4, -0.2) is 32.2 Å². The predicted octanol–water partition coefficient (Wildman–Crippen LogP) is 2.92. The van der Waals surface area contributed by atoms with Gasteiger partial charge >= 0.3 is 6.18 Å². The van der Waals surface area contributed by atoms with E-state index in [-0.39, 0.29) is 17.3 Å². The van der Waals surface area contributed by atoms with Crippen LogP contribution < -0.4 is 10.6 Å². The number of alkyl halides is 3. The Morgan fingerprint density at radius 1 is 1.43 bits per heavy atom. The van der Waals surface area contributed by atoms with E-state index in [1.807, 2.05) is 0 Å². The van der Waals surface area contributed by atoms with Gasteiger partial charge in [-0.2, -0.15) is 13.2 Å². The Morgan fingerprint density at radius 2 is 2.10 bits per heavy atom. The van der Waals surface area contributed by atoms with Crippen molar-refractivity contribution >= 4 is 23.2 Å². The number of halogens is 4. The summed E-state index contributed by atoms with van der Waals surface area (Å²) in [5.41, 5.74) is -1.10. The van der Waals surface area contributed by atoms with E-state index < -0.39 is 23.7 Å². The van der Waals surface area contributed by atoms with Gasteiger partial charge in [0.25, 0.3) is 0 Å². The second-order valence-corrected chi connectivity index (χ2v) is 4.77. The maximum Gasteiger partial charge on any atom is 0.418 e. The summed E-state index contributed by atoms with van der Waals surface area (Å²) in [6.45, 7) is 2.08. The monoisotopic (exact) mass is 324 g/mol. The fourth-order valence-electron chi connectivity index (χ4n) is 1.61. The molecule has 1 amide bonds. The average Bonchev–Trinajstić information content (AvgIpc) is 2.39. The van der Waals surface area contributed by atoms with Crippen LogP contribution in [0.5, 0.6) is 0 Å². The first-order valence-electron chi connectivity index (χ1n) is 6.15. The highest BCUT2D eigenvalue weighted by Gasteiger charge is 2.34. The van der Waals surface area contributed by atoms with Crippen LogP contribution in [0.2, 0.25) is 5.02 Å². The van der Waals surface area contributed by atoms with Crippen molar-refractivity contribution in [3.8, 4) is 0 Å². The van der Waals surface area contributed by atoms with E-state index in [4.69, 9.17) is 16.3 Å². The molecule has 1 aromatic carbocycles. The van der Waals surface area contributed by atoms with E-state index in [9.17, 15) is 18.0 Å². The molecule has 0 bridgehead atoms. The SMILES string of the molecule is COCCNC(=O)C(C)Nc1ccc(Cl)cc1C(F)(F)F. The van der Waals surface area contributed by atoms with Crippen LogP contribution in [0.15, 0.2) is 18.2 Å². The molecule has 2 N–H and O–H groups in total. The van der Waals surface area contributed by atoms with Crippen molar-refractivity contribution in [2.45, 2.75) is 19.1 Å². The largest absolute Gasteiger partial charge is 0.418 e. The van der Waals surface area contributed by atoms with Crippen LogP contribution in [0.3, 0.4) is 0 Å². The number of ether oxygens (including phenoxy) is 1. The maximum atomic E-state index is 12.9. The highest BCUT2D eigenvalue weighted by molar-refractivity contribution is 6.30. The van der Waals surface area contributed by atoms with Gasteiger partial charge < -0.3 is 15.4 Å². The lowest BCUT2D eigenvalue weighted by Crippen LogP contribution is -2.39. The summed E-state index contributed by atoms with van der Waals surface area (Å²) >= 11 is 5.59. The van der Waals surface area contributed by atoms with Gasteiger partial charge in [0, 0.05) is 24.4 Å². The lowest BCUT2D eigenvalue weighted by atomic mass is 10.1. The van der Waals surface area contributed by atoms with Gasteiger partial charge in [-0.15, -0.1) is 0 Å². The van der Waals surface area contributed by atoms with Crippen molar-refractivity contribution in [2.75, 3.05) is 25.6 Å². The van der Waals surface area contributed by atoms with Gasteiger partial charge in [0.1, 0.15) is 6.04 Å². The number of hydrogen-bond donors (Lipinski definition) is 2. The molecule has 0 heterocycles. The molecule has 0 aliphatic rings. The molecular weight excluding hydrogens is 309 g/mol. The van der Waals surface area contributed by atoms with E-state index in [2.05, 4.69) is 10.6 Å². The summed E-state index contributed by atoms with van der Waals surface area (Å²) in [6, 6.07) is 2.52. The highest BCUT2D eigenvalue weighted by Crippen LogP contribution is 2.36. The number of benzene rings is 1. The normalized spacial score (nSPS) is 12.9. The summed E-state index contributed by atoms with van der Waals surface area (Å²) < 4.78 is 43.5. The molecule has 0 saturated carbocycles. The second kappa shape index (κ2) is 7.51. The summed E-state index contributed by atoms with van der Waals surface area (Å²) in [6.07, 6.45) is -4.56. The molecule has 0 fully saturated rings. The van der Waals surface area contributed by atoms with Crippen LogP contribution in [-0.2, 0) is 15.7 Å². The minimum absolute atomic E-state index is 0.0231. The molecule has 1 rings (SSSR count). The molecule has 1 atom stereocenters. The fraction of sp³-hybridized carbons (Fsp3) is 0.462. The van der Waals surface area contributed by atoms with Crippen molar-refractivity contribution < 1.29 is 22.7 Å². The standard InChI is InChI=1S/C13H16ClF3N2O2/c1-8(12(20)18-5-6-21-2)19-11-4-3-9(14)7-10(11)13(15,16)17/h3-4,7-8,19H,5-6H2,1-2H3,(H,18,20). The third-order valence-corrected chi connectivity index (χ3v) is 2.89. The van der Waals surface area contributed by atoms with Crippen molar-refractivity contribution in [1.29, 1.82) is 0 Å². The smallest absolute Gasteiger partial charge is 0.383 e. The molecule has 1 unspecified atom stereocenters. The van der Waals surface area contributed by atoms with E-state index in [0.29, 0.717) is 6.61 Å². The first-order valence-corrected chi connectivity index (χ1v) is 6.53. The van der Waals surface area contributed by atoms with Crippen LogP contribution in [0.1, 0.15) is 12.5 Å². The molecule has 8 heteroatoms. The molecule has 0 aliphatic carbocycles. The zero-order valence-electron chi connectivity index (χ0n) is 11.6. The minimum atomic E-state index is -4.56. The summed E-state index contributed by atoms with van der Waals surface area (Å²) in [7, 11) is 1.48. The number of methoxy groups -OCH3 is 1. The topological polar surface area (TPSA) is 50.4 Å². The second-order valence-electron chi connectivity index (χ2n) is 4.34. The number of nitrogens with one attached hydrogen (secondary N) is 2. The van der Waals surface area contributed by atoms with Crippen molar-refractivity contribution in [2.24, 2.45) is 0 Å². The van der Waals surface area contributed by atoms with Gasteiger partial charge in [-0.3, -0.25) is 4.79 Å². The molecule has 118 valence electrons. The molecule has 4 nitrogen and oxygen atoms in total. The van der Waals surface area contributed by atoms with Gasteiger partial charge in [0.2, 0.25) is 5.91 Å². The number of carbonyl (C=O) groups is 1. The van der Waals surface area contributed by atoms with Gasteiger partial charge in [0.15, 0.2) is 0 Å². The summed E-state index contributed by atoms with van der Waals surface area (Å²) in [5.74, 6) is -0.421. The number of carbonyl (C=O) groups excluding carboxylic acids is 1. The Labute approximate surface area is 125 Å². The third-order valence-electron chi connectivity index (χ3n) is 2.66. The van der Waals surface area contributed by atoms with Gasteiger partial charge in [-0.1, -0.05) is 11.6 Å². The Morgan fingerprint density at radius 3 is 2.67 bits per heavy atom. The lowest BCUT2D eigenvalue weighted by Gasteiger charge is -2.19. The number of anilines is 1. The van der Waals surface area contributed by atoms with Crippen LogP contribution >= 0.6 is 11.6 Å². The van der Waals surface area contributed by atoms with Crippen molar-refractivity contribution in [1.82, 2.24) is 5.32 Å². The van der Waals surface area contributed by atoms with Crippen LogP contribution in [0.25, 0.3) is 0 Å². The minimum Gasteiger partial charge on any atom is -0.383 e. The highest BCUT2D eigenvalue weighted by atomic mass is 35.5. The number of rotatable bonds is 6. The van der Waals surface area contributed by atoms with Crippen LogP contribution in [0, 0.1) is 0 Å². The lowest BCUT2D eigenvalue weighted by molar-refractivity contribution is -0.137. The Bertz CT molecular complexity index is 495. The Kier molecular flexibility index (Phi) is 6.29. The van der Waals surface area contributed by atoms with Crippen LogP contribution in [0.4, 0.5) is 18.9 Å².